The predicted molar refractivity (Wildman–Crippen MR) is 72.9 cm³/mol. The quantitative estimate of drug-likeness (QED) is 0.765. The van der Waals surface area contributed by atoms with E-state index in [1.807, 2.05) is 6.92 Å². The first-order valence-corrected chi connectivity index (χ1v) is 7.22. The standard InChI is InChI=1S/C12H18BrNOS/c1-3-11(15)5-4-6-14(2)8-10-7-12(13)16-9-10/h7,9H,3-6,8H2,1-2H3. The molecule has 0 aliphatic carbocycles. The van der Waals surface area contributed by atoms with Crippen molar-refractivity contribution in [1.29, 1.82) is 0 Å². The summed E-state index contributed by atoms with van der Waals surface area (Å²) in [5.41, 5.74) is 1.33. The molecule has 2 nitrogen and oxygen atoms in total. The summed E-state index contributed by atoms with van der Waals surface area (Å²) in [5.74, 6) is 0.367. The highest BCUT2D eigenvalue weighted by Crippen LogP contribution is 2.21. The summed E-state index contributed by atoms with van der Waals surface area (Å²) >= 11 is 5.17. The van der Waals surface area contributed by atoms with Crippen LogP contribution >= 0.6 is 27.3 Å². The molecule has 0 radical (unpaired) electrons. The zero-order valence-corrected chi connectivity index (χ0v) is 12.2. The van der Waals surface area contributed by atoms with E-state index in [4.69, 9.17) is 0 Å². The van der Waals surface area contributed by atoms with E-state index in [-0.39, 0.29) is 0 Å². The Morgan fingerprint density at radius 1 is 1.56 bits per heavy atom. The number of carbonyl (C=O) groups excluding carboxylic acids is 1. The molecule has 0 aliphatic rings. The summed E-state index contributed by atoms with van der Waals surface area (Å²) in [6.45, 7) is 3.87. The van der Waals surface area contributed by atoms with Crippen LogP contribution in [0.5, 0.6) is 0 Å². The van der Waals surface area contributed by atoms with Crippen LogP contribution in [-0.2, 0) is 11.3 Å². The van der Waals surface area contributed by atoms with Crippen LogP contribution in [0.15, 0.2) is 15.2 Å². The maximum Gasteiger partial charge on any atom is 0.132 e. The van der Waals surface area contributed by atoms with Gasteiger partial charge in [0, 0.05) is 19.4 Å². The van der Waals surface area contributed by atoms with Crippen LogP contribution in [0, 0.1) is 0 Å². The fourth-order valence-corrected chi connectivity index (χ4v) is 2.74. The van der Waals surface area contributed by atoms with Gasteiger partial charge in [-0.05, 0) is 53.0 Å². The molecule has 1 heterocycles. The SMILES string of the molecule is CCC(=O)CCCN(C)Cc1csc(Br)c1. The van der Waals surface area contributed by atoms with Crippen LogP contribution in [0.1, 0.15) is 31.7 Å². The number of Topliss-reactive ketones (excluding diaryl/α,β-unsaturated/α-hetero) is 1. The van der Waals surface area contributed by atoms with E-state index in [1.54, 1.807) is 11.3 Å². The lowest BCUT2D eigenvalue weighted by Crippen LogP contribution is -2.19. The van der Waals surface area contributed by atoms with Crippen LogP contribution in [0.3, 0.4) is 0 Å². The Kier molecular flexibility index (Phi) is 6.24. The summed E-state index contributed by atoms with van der Waals surface area (Å²) < 4.78 is 1.18. The third kappa shape index (κ3) is 5.23. The molecule has 4 heteroatoms. The van der Waals surface area contributed by atoms with Gasteiger partial charge < -0.3 is 4.90 Å². The monoisotopic (exact) mass is 303 g/mol. The molecular weight excluding hydrogens is 286 g/mol. The third-order valence-corrected chi connectivity index (χ3v) is 4.02. The maximum atomic E-state index is 11.1. The normalized spacial score (nSPS) is 11.0. The van der Waals surface area contributed by atoms with E-state index in [2.05, 4.69) is 39.3 Å². The Labute approximate surface area is 110 Å². The highest BCUT2D eigenvalue weighted by atomic mass is 79.9. The Balaban J connectivity index is 2.20. The molecule has 0 saturated carbocycles. The maximum absolute atomic E-state index is 11.1. The van der Waals surface area contributed by atoms with Crippen molar-refractivity contribution >= 4 is 33.0 Å². The molecule has 0 bridgehead atoms. The molecule has 0 N–H and O–H groups in total. The van der Waals surface area contributed by atoms with Crippen molar-refractivity contribution in [3.05, 3.63) is 20.8 Å². The van der Waals surface area contributed by atoms with Gasteiger partial charge >= 0.3 is 0 Å². The summed E-state index contributed by atoms with van der Waals surface area (Å²) in [6.07, 6.45) is 2.35. The second-order valence-electron chi connectivity index (χ2n) is 3.99. The predicted octanol–water partition coefficient (Wildman–Crippen LogP) is 3.70. The van der Waals surface area contributed by atoms with Crippen molar-refractivity contribution in [3.63, 3.8) is 0 Å². The molecule has 90 valence electrons. The molecule has 0 aliphatic heterocycles. The topological polar surface area (TPSA) is 20.3 Å². The van der Waals surface area contributed by atoms with Gasteiger partial charge in [0.2, 0.25) is 0 Å². The summed E-state index contributed by atoms with van der Waals surface area (Å²) in [7, 11) is 2.10. The molecular formula is C12H18BrNOS. The second kappa shape index (κ2) is 7.20. The first-order chi connectivity index (χ1) is 7.61. The van der Waals surface area contributed by atoms with Gasteiger partial charge in [0.05, 0.1) is 3.79 Å². The molecule has 0 unspecified atom stereocenters. The molecule has 0 fully saturated rings. The number of carbonyl (C=O) groups is 1. The molecule has 0 aromatic carbocycles. The van der Waals surface area contributed by atoms with E-state index in [0.29, 0.717) is 18.6 Å². The van der Waals surface area contributed by atoms with Crippen molar-refractivity contribution in [1.82, 2.24) is 4.90 Å². The molecule has 16 heavy (non-hydrogen) atoms. The highest BCUT2D eigenvalue weighted by Gasteiger charge is 2.04. The van der Waals surface area contributed by atoms with Crippen molar-refractivity contribution in [2.45, 2.75) is 32.7 Å². The van der Waals surface area contributed by atoms with Gasteiger partial charge in [-0.15, -0.1) is 11.3 Å². The fourth-order valence-electron chi connectivity index (χ4n) is 1.54. The molecule has 1 aromatic rings. The molecule has 1 rings (SSSR count). The van der Waals surface area contributed by atoms with Crippen LogP contribution in [0.25, 0.3) is 0 Å². The van der Waals surface area contributed by atoms with Crippen molar-refractivity contribution in [3.8, 4) is 0 Å². The zero-order valence-electron chi connectivity index (χ0n) is 9.83. The Morgan fingerprint density at radius 3 is 2.88 bits per heavy atom. The van der Waals surface area contributed by atoms with Gasteiger partial charge in [-0.3, -0.25) is 4.79 Å². The summed E-state index contributed by atoms with van der Waals surface area (Å²) in [6, 6.07) is 2.15. The van der Waals surface area contributed by atoms with Gasteiger partial charge in [0.1, 0.15) is 5.78 Å². The molecule has 0 spiro atoms. The number of halogens is 1. The van der Waals surface area contributed by atoms with Gasteiger partial charge in [-0.1, -0.05) is 6.92 Å². The van der Waals surface area contributed by atoms with Crippen molar-refractivity contribution in [2.75, 3.05) is 13.6 Å². The third-order valence-electron chi connectivity index (χ3n) is 2.46. The number of ketones is 1. The zero-order chi connectivity index (χ0) is 12.0. The lowest BCUT2D eigenvalue weighted by Gasteiger charge is -2.15. The minimum atomic E-state index is 0.367. The number of thiophene rings is 1. The average molecular weight is 304 g/mol. The molecule has 0 atom stereocenters. The molecule has 0 amide bonds. The van der Waals surface area contributed by atoms with Crippen LogP contribution in [-0.4, -0.2) is 24.3 Å². The largest absolute Gasteiger partial charge is 0.302 e. The number of nitrogens with zero attached hydrogens (tertiary/aromatic N) is 1. The fraction of sp³-hybridized carbons (Fsp3) is 0.583. The smallest absolute Gasteiger partial charge is 0.132 e. The Bertz CT molecular complexity index is 338. The van der Waals surface area contributed by atoms with E-state index >= 15 is 0 Å². The van der Waals surface area contributed by atoms with Gasteiger partial charge in [0.25, 0.3) is 0 Å². The van der Waals surface area contributed by atoms with E-state index in [9.17, 15) is 4.79 Å². The second-order valence-corrected chi connectivity index (χ2v) is 6.28. The molecule has 0 saturated heterocycles. The Morgan fingerprint density at radius 2 is 2.31 bits per heavy atom. The summed E-state index contributed by atoms with van der Waals surface area (Å²) in [5, 5.41) is 2.16. The van der Waals surface area contributed by atoms with Crippen LogP contribution < -0.4 is 0 Å². The van der Waals surface area contributed by atoms with E-state index in [1.165, 1.54) is 9.35 Å². The highest BCUT2D eigenvalue weighted by molar-refractivity contribution is 9.11. The minimum absolute atomic E-state index is 0.367. The first kappa shape index (κ1) is 13.9. The minimum Gasteiger partial charge on any atom is -0.302 e. The average Bonchev–Trinajstić information content (AvgIpc) is 2.63. The van der Waals surface area contributed by atoms with Gasteiger partial charge in [-0.2, -0.15) is 0 Å². The van der Waals surface area contributed by atoms with Gasteiger partial charge in [0.15, 0.2) is 0 Å². The first-order valence-electron chi connectivity index (χ1n) is 5.55. The van der Waals surface area contributed by atoms with Crippen LogP contribution in [0.2, 0.25) is 0 Å². The van der Waals surface area contributed by atoms with Crippen molar-refractivity contribution < 1.29 is 4.79 Å². The summed E-state index contributed by atoms with van der Waals surface area (Å²) in [4.78, 5) is 13.4. The number of rotatable bonds is 7. The van der Waals surface area contributed by atoms with E-state index < -0.39 is 0 Å². The van der Waals surface area contributed by atoms with Gasteiger partial charge in [-0.25, -0.2) is 0 Å². The lowest BCUT2D eigenvalue weighted by atomic mass is 10.2. The van der Waals surface area contributed by atoms with E-state index in [0.717, 1.165) is 19.5 Å². The number of hydrogen-bond donors (Lipinski definition) is 0. The van der Waals surface area contributed by atoms with Crippen molar-refractivity contribution in [2.24, 2.45) is 0 Å². The number of hydrogen-bond acceptors (Lipinski definition) is 3. The Hall–Kier alpha value is -0.190. The lowest BCUT2D eigenvalue weighted by molar-refractivity contribution is -0.118. The molecule has 1 aromatic heterocycles. The van der Waals surface area contributed by atoms with Crippen LogP contribution in [0.4, 0.5) is 0 Å².